The van der Waals surface area contributed by atoms with Crippen molar-refractivity contribution in [2.24, 2.45) is 0 Å². The first-order chi connectivity index (χ1) is 40.6. The van der Waals surface area contributed by atoms with Crippen LogP contribution in [-0.2, 0) is 42.9 Å². The molecule has 0 spiro atoms. The number of carboxylic acids is 1. The Hall–Kier alpha value is -4.10. The molecule has 0 aromatic rings. The van der Waals surface area contributed by atoms with Crippen LogP contribution in [-0.4, -0.2) is 89.2 Å². The van der Waals surface area contributed by atoms with Crippen molar-refractivity contribution in [3.05, 3.63) is 85.1 Å². The molecule has 0 aromatic carbocycles. The van der Waals surface area contributed by atoms with Gasteiger partial charge in [-0.3, -0.25) is 14.4 Å². The van der Waals surface area contributed by atoms with Crippen LogP contribution in [0.5, 0.6) is 0 Å². The van der Waals surface area contributed by atoms with Gasteiger partial charge in [0.05, 0.1) is 6.61 Å². The third-order valence-corrected chi connectivity index (χ3v) is 14.9. The maximum atomic E-state index is 13.2. The monoisotopic (exact) mass is 1160 g/mol. The molecule has 0 saturated carbocycles. The average Bonchev–Trinajstić information content (AvgIpc) is 3.58. The van der Waals surface area contributed by atoms with Crippen molar-refractivity contribution < 1.29 is 58.2 Å². The minimum atomic E-state index is -1.91. The van der Waals surface area contributed by atoms with E-state index in [1.165, 1.54) is 128 Å². The molecule has 1 heterocycles. The summed E-state index contributed by atoms with van der Waals surface area (Å²) in [5, 5.41) is 31.6. The molecule has 3 N–H and O–H groups in total. The molecule has 0 aliphatic carbocycles. The molecule has 1 fully saturated rings. The highest BCUT2D eigenvalue weighted by molar-refractivity contribution is 5.74. The molecule has 0 amide bonds. The second kappa shape index (κ2) is 58.3. The van der Waals surface area contributed by atoms with Crippen LogP contribution in [0.2, 0.25) is 0 Å². The summed E-state index contributed by atoms with van der Waals surface area (Å²) in [6, 6.07) is 0. The van der Waals surface area contributed by atoms with Crippen LogP contribution in [0.1, 0.15) is 290 Å². The number of rotatable bonds is 57. The summed E-state index contributed by atoms with van der Waals surface area (Å²) in [4.78, 5) is 51.4. The van der Waals surface area contributed by atoms with E-state index in [0.717, 1.165) is 96.3 Å². The van der Waals surface area contributed by atoms with Gasteiger partial charge < -0.3 is 39.0 Å². The van der Waals surface area contributed by atoms with Gasteiger partial charge in [0, 0.05) is 19.3 Å². The number of allylic oxidation sites excluding steroid dienone is 14. The topological polar surface area (TPSA) is 175 Å². The first-order valence-corrected chi connectivity index (χ1v) is 33.6. The van der Waals surface area contributed by atoms with Gasteiger partial charge >= 0.3 is 23.9 Å². The summed E-state index contributed by atoms with van der Waals surface area (Å²) in [5.74, 6) is -3.19. The third-order valence-electron chi connectivity index (χ3n) is 14.9. The second-order valence-electron chi connectivity index (χ2n) is 22.7. The van der Waals surface area contributed by atoms with Gasteiger partial charge in [-0.15, -0.1) is 0 Å². The number of aliphatic hydroxyl groups excluding tert-OH is 2. The fourth-order valence-electron chi connectivity index (χ4n) is 9.81. The lowest BCUT2D eigenvalue weighted by atomic mass is 9.98. The summed E-state index contributed by atoms with van der Waals surface area (Å²) in [6.07, 6.45) is 64.0. The average molecular weight is 1170 g/mol. The zero-order chi connectivity index (χ0) is 60.3. The lowest BCUT2D eigenvalue weighted by molar-refractivity contribution is -0.301. The number of hydrogen-bond acceptors (Lipinski definition) is 11. The van der Waals surface area contributed by atoms with Gasteiger partial charge in [0.2, 0.25) is 0 Å². The molecule has 12 heteroatoms. The van der Waals surface area contributed by atoms with Crippen molar-refractivity contribution in [1.82, 2.24) is 0 Å². The Labute approximate surface area is 505 Å². The van der Waals surface area contributed by atoms with E-state index in [0.29, 0.717) is 25.7 Å². The molecule has 12 nitrogen and oxygen atoms in total. The maximum Gasteiger partial charge on any atom is 0.335 e. The number of unbranched alkanes of at least 4 members (excludes halogenated alkanes) is 29. The Bertz CT molecular complexity index is 1760. The number of carboxylic acid groups (broad SMARTS) is 1. The molecule has 1 aliphatic heterocycles. The van der Waals surface area contributed by atoms with Crippen LogP contribution in [0.3, 0.4) is 0 Å². The van der Waals surface area contributed by atoms with Gasteiger partial charge in [0.1, 0.15) is 18.8 Å². The molecule has 1 rings (SSSR count). The molecule has 0 bridgehead atoms. The van der Waals surface area contributed by atoms with Crippen LogP contribution in [0.4, 0.5) is 0 Å². The van der Waals surface area contributed by atoms with Crippen molar-refractivity contribution in [3.63, 3.8) is 0 Å². The molecule has 1 saturated heterocycles. The van der Waals surface area contributed by atoms with Gasteiger partial charge in [-0.25, -0.2) is 4.79 Å². The van der Waals surface area contributed by atoms with E-state index in [1.807, 2.05) is 6.08 Å². The number of aliphatic hydroxyl groups is 2. The van der Waals surface area contributed by atoms with Crippen LogP contribution >= 0.6 is 0 Å². The predicted octanol–water partition coefficient (Wildman–Crippen LogP) is 18.2. The number of esters is 3. The van der Waals surface area contributed by atoms with E-state index in [-0.39, 0.29) is 25.9 Å². The first kappa shape index (κ1) is 76.9. The summed E-state index contributed by atoms with van der Waals surface area (Å²) in [6.45, 7) is 5.85. The van der Waals surface area contributed by atoms with Gasteiger partial charge in [0.15, 0.2) is 24.6 Å². The van der Waals surface area contributed by atoms with E-state index in [2.05, 4.69) is 99.8 Å². The molecule has 0 aromatic heterocycles. The molecule has 0 radical (unpaired) electrons. The standard InChI is InChI=1S/C71H120O12/c1-4-7-10-13-16-19-22-25-28-31-32-35-38-41-44-47-50-53-56-59-65(74)82-69-67(76)66(75)68(70(77)78)83-71(69)80-61-62(81-64(73)58-55-52-49-46-43-40-37-34-30-27-24-21-18-15-12-9-6-3)60-79-63(72)57-54-51-48-45-42-39-36-33-29-26-23-20-17-14-11-8-5-2/h8,11,17,20,25-30,36,39,45,48,62,66-69,71,75-76H,4-7,9-10,12-16,18-19,21-24,31-35,37-38,40-44,46-47,49-61H2,1-3H3,(H,77,78)/b11-8-,20-17-,28-25-,29-26-,30-27-,39-36-,48-45-. The minimum Gasteiger partial charge on any atom is -0.479 e. The van der Waals surface area contributed by atoms with E-state index < -0.39 is 67.3 Å². The van der Waals surface area contributed by atoms with E-state index in [4.69, 9.17) is 23.7 Å². The molecule has 83 heavy (non-hydrogen) atoms. The van der Waals surface area contributed by atoms with Crippen LogP contribution in [0.15, 0.2) is 85.1 Å². The molecular weight excluding hydrogens is 1040 g/mol. The largest absolute Gasteiger partial charge is 0.479 e. The third kappa shape index (κ3) is 47.8. The zero-order valence-electron chi connectivity index (χ0n) is 52.7. The summed E-state index contributed by atoms with van der Waals surface area (Å²) in [5.41, 5.74) is 0. The number of carbonyl (C=O) groups is 4. The summed E-state index contributed by atoms with van der Waals surface area (Å²) >= 11 is 0. The minimum absolute atomic E-state index is 0.0506. The normalized spacial score (nSPS) is 18.1. The van der Waals surface area contributed by atoms with Crippen LogP contribution < -0.4 is 0 Å². The SMILES string of the molecule is CC/C=C\C/C=C\C/C=C\C/C=C\C/C=C\CCCC(=O)OCC(COC1OC(C(=O)O)C(O)C(O)C1OC(=O)CCCCCCCCCCC/C=C\CCCCCCCC)OC(=O)CCCCCCCCC/C=C\CCCCCCCC. The van der Waals surface area contributed by atoms with Crippen LogP contribution in [0, 0.1) is 0 Å². The van der Waals surface area contributed by atoms with Gasteiger partial charge in [0.25, 0.3) is 0 Å². The Morgan fingerprint density at radius 1 is 0.410 bits per heavy atom. The highest BCUT2D eigenvalue weighted by atomic mass is 16.7. The van der Waals surface area contributed by atoms with Crippen molar-refractivity contribution >= 4 is 23.9 Å². The lowest BCUT2D eigenvalue weighted by Gasteiger charge is -2.40. The Morgan fingerprint density at radius 3 is 1.20 bits per heavy atom. The fourth-order valence-corrected chi connectivity index (χ4v) is 9.81. The summed E-state index contributed by atoms with van der Waals surface area (Å²) in [7, 11) is 0. The first-order valence-electron chi connectivity index (χ1n) is 33.6. The van der Waals surface area contributed by atoms with Crippen molar-refractivity contribution in [2.45, 2.75) is 327 Å². The zero-order valence-corrected chi connectivity index (χ0v) is 52.7. The number of aliphatic carboxylic acids is 1. The van der Waals surface area contributed by atoms with E-state index in [9.17, 15) is 34.5 Å². The molecule has 6 atom stereocenters. The second-order valence-corrected chi connectivity index (χ2v) is 22.7. The molecule has 1 aliphatic rings. The molecule has 476 valence electrons. The van der Waals surface area contributed by atoms with E-state index in [1.54, 1.807) is 0 Å². The molecule has 6 unspecified atom stereocenters. The van der Waals surface area contributed by atoms with Gasteiger partial charge in [-0.1, -0.05) is 247 Å². The number of hydrogen-bond donors (Lipinski definition) is 3. The van der Waals surface area contributed by atoms with E-state index >= 15 is 0 Å². The predicted molar refractivity (Wildman–Crippen MR) is 340 cm³/mol. The van der Waals surface area contributed by atoms with Gasteiger partial charge in [-0.05, 0) is 109 Å². The van der Waals surface area contributed by atoms with Crippen LogP contribution in [0.25, 0.3) is 0 Å². The fraction of sp³-hybridized carbons (Fsp3) is 0.746. The summed E-state index contributed by atoms with van der Waals surface area (Å²) < 4.78 is 28.5. The highest BCUT2D eigenvalue weighted by Gasteiger charge is 2.50. The Morgan fingerprint density at radius 2 is 0.771 bits per heavy atom. The van der Waals surface area contributed by atoms with Crippen molar-refractivity contribution in [2.75, 3.05) is 13.2 Å². The highest BCUT2D eigenvalue weighted by Crippen LogP contribution is 2.27. The Balaban J connectivity index is 2.68. The lowest BCUT2D eigenvalue weighted by Crippen LogP contribution is -2.61. The van der Waals surface area contributed by atoms with Crippen molar-refractivity contribution in [1.29, 1.82) is 0 Å². The number of carbonyl (C=O) groups excluding carboxylic acids is 3. The maximum absolute atomic E-state index is 13.2. The molecular formula is C71H120O12. The quantitative estimate of drug-likeness (QED) is 0.0228. The van der Waals surface area contributed by atoms with Crippen molar-refractivity contribution in [3.8, 4) is 0 Å². The Kier molecular flexibility index (Phi) is 54.0. The number of ether oxygens (including phenoxy) is 5. The smallest absolute Gasteiger partial charge is 0.335 e. The van der Waals surface area contributed by atoms with Gasteiger partial charge in [-0.2, -0.15) is 0 Å².